The molecule has 2 aromatic carbocycles. The van der Waals surface area contributed by atoms with Crippen LogP contribution in [0.4, 0.5) is 5.69 Å². The SMILES string of the molecule is C[NH+](CC(=O)N1CCN(c2ccccc2)CC1)Cc1nc2ccccc2s1. The Morgan fingerprint density at radius 3 is 2.48 bits per heavy atom. The highest BCUT2D eigenvalue weighted by Gasteiger charge is 2.23. The Hall–Kier alpha value is -2.44. The topological polar surface area (TPSA) is 40.9 Å². The maximum absolute atomic E-state index is 12.7. The maximum atomic E-state index is 12.7. The van der Waals surface area contributed by atoms with E-state index in [0.717, 1.165) is 43.2 Å². The zero-order valence-electron chi connectivity index (χ0n) is 15.6. The van der Waals surface area contributed by atoms with Gasteiger partial charge in [-0.2, -0.15) is 0 Å². The van der Waals surface area contributed by atoms with Crippen LogP contribution in [-0.2, 0) is 11.3 Å². The number of hydrogen-bond acceptors (Lipinski definition) is 4. The number of rotatable bonds is 5. The first-order valence-electron chi connectivity index (χ1n) is 9.42. The number of carbonyl (C=O) groups excluding carboxylic acids is 1. The van der Waals surface area contributed by atoms with E-state index in [1.165, 1.54) is 15.3 Å². The Bertz CT molecular complexity index is 870. The van der Waals surface area contributed by atoms with Crippen molar-refractivity contribution in [1.29, 1.82) is 0 Å². The number of thiazole rings is 1. The van der Waals surface area contributed by atoms with Gasteiger partial charge in [-0.05, 0) is 24.3 Å². The number of anilines is 1. The summed E-state index contributed by atoms with van der Waals surface area (Å²) < 4.78 is 1.21. The van der Waals surface area contributed by atoms with E-state index in [2.05, 4.69) is 47.3 Å². The second-order valence-electron chi connectivity index (χ2n) is 7.09. The quantitative estimate of drug-likeness (QED) is 0.731. The van der Waals surface area contributed by atoms with Gasteiger partial charge >= 0.3 is 0 Å². The van der Waals surface area contributed by atoms with Crippen molar-refractivity contribution in [2.24, 2.45) is 0 Å². The van der Waals surface area contributed by atoms with Crippen molar-refractivity contribution in [3.8, 4) is 0 Å². The smallest absolute Gasteiger partial charge is 0.277 e. The molecule has 1 N–H and O–H groups in total. The Balaban J connectivity index is 1.29. The maximum Gasteiger partial charge on any atom is 0.277 e. The molecule has 0 radical (unpaired) electrons. The lowest BCUT2D eigenvalue weighted by Gasteiger charge is -2.36. The summed E-state index contributed by atoms with van der Waals surface area (Å²) in [6.45, 7) is 4.68. The number of nitrogens with zero attached hydrogens (tertiary/aromatic N) is 3. The minimum atomic E-state index is 0.237. The van der Waals surface area contributed by atoms with E-state index in [0.29, 0.717) is 6.54 Å². The van der Waals surface area contributed by atoms with Gasteiger partial charge in [0.15, 0.2) is 6.54 Å². The molecule has 1 aromatic heterocycles. The first kappa shape index (κ1) is 17.9. The average molecular weight is 382 g/mol. The number of benzene rings is 2. The van der Waals surface area contributed by atoms with Crippen molar-refractivity contribution in [2.45, 2.75) is 6.54 Å². The molecule has 1 fully saturated rings. The number of amides is 1. The lowest BCUT2D eigenvalue weighted by Crippen LogP contribution is -3.09. The van der Waals surface area contributed by atoms with Crippen LogP contribution in [0, 0.1) is 0 Å². The fourth-order valence-corrected chi connectivity index (χ4v) is 4.62. The third-order valence-corrected chi connectivity index (χ3v) is 6.03. The molecule has 2 heterocycles. The molecule has 6 heteroatoms. The molecule has 27 heavy (non-hydrogen) atoms. The molecule has 0 saturated carbocycles. The Labute approximate surface area is 163 Å². The number of hydrogen-bond donors (Lipinski definition) is 1. The van der Waals surface area contributed by atoms with Crippen molar-refractivity contribution in [2.75, 3.05) is 44.7 Å². The molecule has 0 aliphatic carbocycles. The second kappa shape index (κ2) is 8.06. The fraction of sp³-hybridized carbons (Fsp3) is 0.333. The first-order chi connectivity index (χ1) is 13.2. The van der Waals surface area contributed by atoms with Gasteiger partial charge in [0.05, 0.1) is 17.3 Å². The monoisotopic (exact) mass is 381 g/mol. The van der Waals surface area contributed by atoms with E-state index in [1.54, 1.807) is 11.3 Å². The summed E-state index contributed by atoms with van der Waals surface area (Å²) in [5.74, 6) is 0.237. The lowest BCUT2D eigenvalue weighted by molar-refractivity contribution is -0.885. The molecule has 5 nitrogen and oxygen atoms in total. The first-order valence-corrected chi connectivity index (χ1v) is 10.2. The normalized spacial score (nSPS) is 15.9. The molecule has 1 saturated heterocycles. The molecule has 0 bridgehead atoms. The van der Waals surface area contributed by atoms with E-state index < -0.39 is 0 Å². The second-order valence-corrected chi connectivity index (χ2v) is 8.20. The average Bonchev–Trinajstić information content (AvgIpc) is 3.10. The molecule has 0 spiro atoms. The molecular weight excluding hydrogens is 356 g/mol. The molecule has 1 aliphatic heterocycles. The van der Waals surface area contributed by atoms with Gasteiger partial charge in [0.25, 0.3) is 5.91 Å². The molecule has 1 amide bonds. The molecule has 4 rings (SSSR count). The third-order valence-electron chi connectivity index (χ3n) is 5.00. The van der Waals surface area contributed by atoms with Crippen LogP contribution in [0.1, 0.15) is 5.01 Å². The van der Waals surface area contributed by atoms with E-state index in [-0.39, 0.29) is 5.91 Å². The van der Waals surface area contributed by atoms with Crippen LogP contribution in [0.25, 0.3) is 10.2 Å². The van der Waals surface area contributed by atoms with Crippen LogP contribution >= 0.6 is 11.3 Å². The number of quaternary nitrogens is 1. The number of para-hydroxylation sites is 2. The minimum Gasteiger partial charge on any atom is -0.368 e. The summed E-state index contributed by atoms with van der Waals surface area (Å²) in [4.78, 5) is 22.9. The highest BCUT2D eigenvalue weighted by Crippen LogP contribution is 2.20. The van der Waals surface area contributed by atoms with Gasteiger partial charge in [0, 0.05) is 31.9 Å². The Kier molecular flexibility index (Phi) is 5.36. The van der Waals surface area contributed by atoms with E-state index in [1.807, 2.05) is 29.2 Å². The summed E-state index contributed by atoms with van der Waals surface area (Å²) in [6, 6.07) is 18.6. The van der Waals surface area contributed by atoms with Crippen molar-refractivity contribution in [3.63, 3.8) is 0 Å². The summed E-state index contributed by atoms with van der Waals surface area (Å²) in [5.41, 5.74) is 2.29. The predicted octanol–water partition coefficient (Wildman–Crippen LogP) is 1.66. The van der Waals surface area contributed by atoms with E-state index >= 15 is 0 Å². The predicted molar refractivity (Wildman–Crippen MR) is 110 cm³/mol. The third kappa shape index (κ3) is 4.28. The molecule has 1 atom stereocenters. The standard InChI is InChI=1S/C21H24N4OS/c1-23(15-20-22-18-9-5-6-10-19(18)27-20)16-21(26)25-13-11-24(12-14-25)17-7-3-2-4-8-17/h2-10H,11-16H2,1H3/p+1. The number of aromatic nitrogens is 1. The molecule has 1 aliphatic rings. The van der Waals surface area contributed by atoms with Gasteiger partial charge in [-0.15, -0.1) is 11.3 Å². The fourth-order valence-electron chi connectivity index (χ4n) is 3.54. The van der Waals surface area contributed by atoms with Crippen molar-refractivity contribution < 1.29 is 9.69 Å². The Morgan fingerprint density at radius 1 is 1.04 bits per heavy atom. The van der Waals surface area contributed by atoms with Gasteiger partial charge in [0.2, 0.25) is 0 Å². The number of likely N-dealkylation sites (N-methyl/N-ethyl adjacent to an activating group) is 1. The highest BCUT2D eigenvalue weighted by molar-refractivity contribution is 7.18. The number of fused-ring (bicyclic) bond motifs is 1. The largest absolute Gasteiger partial charge is 0.368 e. The van der Waals surface area contributed by atoms with Crippen LogP contribution in [0.2, 0.25) is 0 Å². The molecule has 140 valence electrons. The zero-order chi connectivity index (χ0) is 18.6. The summed E-state index contributed by atoms with van der Waals surface area (Å²) in [6.07, 6.45) is 0. The van der Waals surface area contributed by atoms with Gasteiger partial charge in [-0.25, -0.2) is 4.98 Å². The van der Waals surface area contributed by atoms with Crippen molar-refractivity contribution in [1.82, 2.24) is 9.88 Å². The zero-order valence-corrected chi connectivity index (χ0v) is 16.4. The van der Waals surface area contributed by atoms with Gasteiger partial charge in [-0.1, -0.05) is 30.3 Å². The summed E-state index contributed by atoms with van der Waals surface area (Å²) >= 11 is 1.72. The van der Waals surface area contributed by atoms with Crippen LogP contribution < -0.4 is 9.80 Å². The van der Waals surface area contributed by atoms with Crippen LogP contribution in [0.5, 0.6) is 0 Å². The number of nitrogens with one attached hydrogen (secondary N) is 1. The summed E-state index contributed by atoms with van der Waals surface area (Å²) in [5, 5.41) is 1.09. The van der Waals surface area contributed by atoms with Crippen LogP contribution in [-0.4, -0.2) is 55.6 Å². The molecule has 3 aromatic rings. The van der Waals surface area contributed by atoms with Crippen molar-refractivity contribution >= 4 is 33.1 Å². The Morgan fingerprint density at radius 2 is 1.74 bits per heavy atom. The number of piperazine rings is 1. The molecular formula is C21H25N4OS+. The molecule has 1 unspecified atom stereocenters. The highest BCUT2D eigenvalue weighted by atomic mass is 32.1. The van der Waals surface area contributed by atoms with Crippen LogP contribution in [0.3, 0.4) is 0 Å². The van der Waals surface area contributed by atoms with Crippen molar-refractivity contribution in [3.05, 3.63) is 59.6 Å². The van der Waals surface area contributed by atoms with E-state index in [4.69, 9.17) is 0 Å². The van der Waals surface area contributed by atoms with Gasteiger partial charge in [-0.3, -0.25) is 4.79 Å². The summed E-state index contributed by atoms with van der Waals surface area (Å²) in [7, 11) is 2.07. The lowest BCUT2D eigenvalue weighted by atomic mass is 10.2. The van der Waals surface area contributed by atoms with Crippen LogP contribution in [0.15, 0.2) is 54.6 Å². The van der Waals surface area contributed by atoms with E-state index in [9.17, 15) is 4.79 Å². The van der Waals surface area contributed by atoms with Gasteiger partial charge in [0.1, 0.15) is 11.6 Å². The number of carbonyl (C=O) groups is 1. The van der Waals surface area contributed by atoms with Gasteiger partial charge < -0.3 is 14.7 Å². The minimum absolute atomic E-state index is 0.237.